The third kappa shape index (κ3) is 3.12. The van der Waals surface area contributed by atoms with Gasteiger partial charge in [-0.15, -0.1) is 0 Å². The van der Waals surface area contributed by atoms with E-state index >= 15 is 0 Å². The molecule has 1 fully saturated rings. The van der Waals surface area contributed by atoms with Crippen LogP contribution in [0.3, 0.4) is 0 Å². The van der Waals surface area contributed by atoms with Crippen molar-refractivity contribution in [2.45, 2.75) is 31.7 Å². The molecular formula is C12H17BrClN3. The maximum atomic E-state index is 6.26. The Morgan fingerprint density at radius 1 is 1.47 bits per heavy atom. The molecule has 0 saturated heterocycles. The van der Waals surface area contributed by atoms with E-state index in [1.54, 1.807) is 6.20 Å². The molecule has 0 aromatic carbocycles. The largest absolute Gasteiger partial charge is 0.351 e. The Kier molecular flexibility index (Phi) is 4.65. The summed E-state index contributed by atoms with van der Waals surface area (Å²) in [5.74, 6) is 0.868. The van der Waals surface area contributed by atoms with Crippen molar-refractivity contribution >= 4 is 33.3 Å². The highest BCUT2D eigenvalue weighted by Gasteiger charge is 2.24. The van der Waals surface area contributed by atoms with Gasteiger partial charge in [0.25, 0.3) is 0 Å². The maximum absolute atomic E-state index is 6.26. The Morgan fingerprint density at radius 3 is 2.76 bits per heavy atom. The van der Waals surface area contributed by atoms with E-state index < -0.39 is 0 Å². The summed E-state index contributed by atoms with van der Waals surface area (Å²) >= 11 is 9.64. The number of hydrogen-bond donors (Lipinski definition) is 1. The highest BCUT2D eigenvalue weighted by atomic mass is 79.9. The van der Waals surface area contributed by atoms with Crippen molar-refractivity contribution in [2.24, 2.45) is 5.73 Å². The minimum atomic E-state index is 0.546. The molecule has 1 aromatic heterocycles. The van der Waals surface area contributed by atoms with E-state index in [-0.39, 0.29) is 0 Å². The van der Waals surface area contributed by atoms with Gasteiger partial charge in [-0.05, 0) is 34.8 Å². The molecule has 0 radical (unpaired) electrons. The zero-order valence-electron chi connectivity index (χ0n) is 9.70. The van der Waals surface area contributed by atoms with Crippen molar-refractivity contribution < 1.29 is 0 Å². The van der Waals surface area contributed by atoms with Crippen molar-refractivity contribution in [3.63, 3.8) is 0 Å². The van der Waals surface area contributed by atoms with Crippen molar-refractivity contribution in [3.8, 4) is 0 Å². The fourth-order valence-corrected chi connectivity index (χ4v) is 3.17. The van der Waals surface area contributed by atoms with Gasteiger partial charge in [0.2, 0.25) is 0 Å². The number of hydrogen-bond acceptors (Lipinski definition) is 3. The number of aromatic nitrogens is 1. The van der Waals surface area contributed by atoms with E-state index in [1.165, 1.54) is 25.7 Å². The highest BCUT2D eigenvalue weighted by molar-refractivity contribution is 9.10. The first-order chi connectivity index (χ1) is 8.22. The zero-order chi connectivity index (χ0) is 12.3. The lowest BCUT2D eigenvalue weighted by Gasteiger charge is -2.30. The minimum absolute atomic E-state index is 0.546. The lowest BCUT2D eigenvalue weighted by molar-refractivity contribution is 0.602. The van der Waals surface area contributed by atoms with E-state index in [0.717, 1.165) is 16.8 Å². The zero-order valence-corrected chi connectivity index (χ0v) is 12.0. The molecular weight excluding hydrogens is 302 g/mol. The fourth-order valence-electron chi connectivity index (χ4n) is 2.44. The van der Waals surface area contributed by atoms with Crippen LogP contribution in [0.15, 0.2) is 16.7 Å². The Bertz CT molecular complexity index is 380. The van der Waals surface area contributed by atoms with Crippen LogP contribution in [-0.2, 0) is 0 Å². The van der Waals surface area contributed by atoms with E-state index in [1.807, 2.05) is 6.07 Å². The second-order valence-corrected chi connectivity index (χ2v) is 5.70. The Balaban J connectivity index is 2.24. The summed E-state index contributed by atoms with van der Waals surface area (Å²) in [6.07, 6.45) is 6.81. The first kappa shape index (κ1) is 13.1. The molecule has 2 rings (SSSR count). The minimum Gasteiger partial charge on any atom is -0.351 e. The molecule has 1 aromatic rings. The number of pyridine rings is 1. The summed E-state index contributed by atoms with van der Waals surface area (Å²) in [5.41, 5.74) is 5.69. The SMILES string of the molecule is NCCN(c1ncc(Br)cc1Cl)C1CCCC1. The predicted molar refractivity (Wildman–Crippen MR) is 75.6 cm³/mol. The summed E-state index contributed by atoms with van der Waals surface area (Å²) in [6.45, 7) is 1.45. The predicted octanol–water partition coefficient (Wildman–Crippen LogP) is 3.21. The molecule has 2 N–H and O–H groups in total. The molecule has 1 aliphatic rings. The van der Waals surface area contributed by atoms with Crippen LogP contribution in [-0.4, -0.2) is 24.1 Å². The van der Waals surface area contributed by atoms with Crippen molar-refractivity contribution in [2.75, 3.05) is 18.0 Å². The molecule has 0 atom stereocenters. The first-order valence-corrected chi connectivity index (χ1v) is 7.17. The number of nitrogens with zero attached hydrogens (tertiary/aromatic N) is 2. The average Bonchev–Trinajstić information content (AvgIpc) is 2.80. The number of anilines is 1. The Labute approximate surface area is 115 Å². The Hall–Kier alpha value is -0.320. The summed E-state index contributed by atoms with van der Waals surface area (Å²) in [5, 5.41) is 0.694. The molecule has 1 saturated carbocycles. The lowest BCUT2D eigenvalue weighted by Crippen LogP contribution is -2.38. The van der Waals surface area contributed by atoms with E-state index in [0.29, 0.717) is 17.6 Å². The Morgan fingerprint density at radius 2 is 2.18 bits per heavy atom. The molecule has 94 valence electrons. The highest BCUT2D eigenvalue weighted by Crippen LogP contribution is 2.32. The molecule has 1 aliphatic carbocycles. The van der Waals surface area contributed by atoms with Gasteiger partial charge >= 0.3 is 0 Å². The standard InChI is InChI=1S/C12H17BrClN3/c13-9-7-11(14)12(16-8-9)17(6-5-15)10-3-1-2-4-10/h7-8,10H,1-6,15H2. The fraction of sp³-hybridized carbons (Fsp3) is 0.583. The van der Waals surface area contributed by atoms with Gasteiger partial charge < -0.3 is 10.6 Å². The van der Waals surface area contributed by atoms with Gasteiger partial charge in [0, 0.05) is 29.8 Å². The summed E-state index contributed by atoms with van der Waals surface area (Å²) < 4.78 is 0.908. The van der Waals surface area contributed by atoms with Gasteiger partial charge in [-0.3, -0.25) is 0 Å². The van der Waals surface area contributed by atoms with Crippen LogP contribution in [0, 0.1) is 0 Å². The second kappa shape index (κ2) is 6.03. The smallest absolute Gasteiger partial charge is 0.147 e. The summed E-state index contributed by atoms with van der Waals surface area (Å²) in [6, 6.07) is 2.44. The van der Waals surface area contributed by atoms with Gasteiger partial charge in [0.05, 0.1) is 5.02 Å². The van der Waals surface area contributed by atoms with Gasteiger partial charge in [-0.2, -0.15) is 0 Å². The van der Waals surface area contributed by atoms with Gasteiger partial charge in [-0.1, -0.05) is 24.4 Å². The molecule has 17 heavy (non-hydrogen) atoms. The van der Waals surface area contributed by atoms with Crippen LogP contribution in [0.1, 0.15) is 25.7 Å². The van der Waals surface area contributed by atoms with Gasteiger partial charge in [-0.25, -0.2) is 4.98 Å². The molecule has 0 aliphatic heterocycles. The molecule has 1 heterocycles. The van der Waals surface area contributed by atoms with Crippen LogP contribution in [0.5, 0.6) is 0 Å². The molecule has 0 spiro atoms. The average molecular weight is 319 g/mol. The van der Waals surface area contributed by atoms with Crippen LogP contribution >= 0.6 is 27.5 Å². The summed E-state index contributed by atoms with van der Waals surface area (Å²) in [7, 11) is 0. The third-order valence-corrected chi connectivity index (χ3v) is 3.91. The maximum Gasteiger partial charge on any atom is 0.147 e. The number of rotatable bonds is 4. The van der Waals surface area contributed by atoms with Crippen LogP contribution in [0.2, 0.25) is 5.02 Å². The molecule has 3 nitrogen and oxygen atoms in total. The summed E-state index contributed by atoms with van der Waals surface area (Å²) in [4.78, 5) is 6.70. The van der Waals surface area contributed by atoms with Gasteiger partial charge in [0.15, 0.2) is 0 Å². The molecule has 0 bridgehead atoms. The monoisotopic (exact) mass is 317 g/mol. The topological polar surface area (TPSA) is 42.1 Å². The van der Waals surface area contributed by atoms with Crippen LogP contribution in [0.25, 0.3) is 0 Å². The van der Waals surface area contributed by atoms with Gasteiger partial charge in [0.1, 0.15) is 5.82 Å². The number of nitrogens with two attached hydrogens (primary N) is 1. The van der Waals surface area contributed by atoms with Crippen molar-refractivity contribution in [1.29, 1.82) is 0 Å². The molecule has 5 heteroatoms. The van der Waals surface area contributed by atoms with E-state index in [2.05, 4.69) is 25.8 Å². The first-order valence-electron chi connectivity index (χ1n) is 6.00. The quantitative estimate of drug-likeness (QED) is 0.927. The second-order valence-electron chi connectivity index (χ2n) is 4.38. The molecule has 0 amide bonds. The van der Waals surface area contributed by atoms with E-state index in [9.17, 15) is 0 Å². The van der Waals surface area contributed by atoms with Crippen molar-refractivity contribution in [1.82, 2.24) is 4.98 Å². The van der Waals surface area contributed by atoms with Crippen molar-refractivity contribution in [3.05, 3.63) is 21.8 Å². The van der Waals surface area contributed by atoms with Crippen LogP contribution in [0.4, 0.5) is 5.82 Å². The van der Waals surface area contributed by atoms with Crippen LogP contribution < -0.4 is 10.6 Å². The normalized spacial score (nSPS) is 16.4. The lowest BCUT2D eigenvalue weighted by atomic mass is 10.2. The van der Waals surface area contributed by atoms with E-state index in [4.69, 9.17) is 17.3 Å². The third-order valence-electron chi connectivity index (χ3n) is 3.20. The number of halogens is 2. The molecule has 0 unspecified atom stereocenters.